The molecule has 7 nitrogen and oxygen atoms in total. The lowest BCUT2D eigenvalue weighted by Gasteiger charge is -2.15. The number of hydrogen-bond donors (Lipinski definition) is 3. The van der Waals surface area contributed by atoms with Crippen LogP contribution >= 0.6 is 23.6 Å². The van der Waals surface area contributed by atoms with E-state index in [1.165, 1.54) is 4.57 Å². The number of anilines is 1. The van der Waals surface area contributed by atoms with Gasteiger partial charge in [-0.1, -0.05) is 29.8 Å². The van der Waals surface area contributed by atoms with Crippen LogP contribution in [0.3, 0.4) is 0 Å². The van der Waals surface area contributed by atoms with Gasteiger partial charge < -0.3 is 5.32 Å². The first kappa shape index (κ1) is 21.7. The average molecular weight is 464 g/mol. The Morgan fingerprint density at radius 2 is 1.88 bits per heavy atom. The van der Waals surface area contributed by atoms with Gasteiger partial charge in [-0.2, -0.15) is 11.3 Å². The second-order valence-corrected chi connectivity index (χ2v) is 8.43. The maximum atomic E-state index is 13.1. The van der Waals surface area contributed by atoms with Crippen LogP contribution in [0.2, 0.25) is 0 Å². The molecule has 0 bridgehead atoms. The van der Waals surface area contributed by atoms with Gasteiger partial charge in [0, 0.05) is 12.1 Å². The molecule has 0 saturated carbocycles. The maximum absolute atomic E-state index is 13.1. The van der Waals surface area contributed by atoms with Crippen LogP contribution in [0.15, 0.2) is 70.2 Å². The normalized spacial score (nSPS) is 10.7. The lowest BCUT2D eigenvalue weighted by molar-refractivity contribution is -0.122. The first-order valence-corrected chi connectivity index (χ1v) is 11.3. The number of hydrazine groups is 1. The van der Waals surface area contributed by atoms with Gasteiger partial charge >= 0.3 is 0 Å². The second kappa shape index (κ2) is 9.71. The van der Waals surface area contributed by atoms with Crippen molar-refractivity contribution in [1.29, 1.82) is 0 Å². The predicted octanol–water partition coefficient (Wildman–Crippen LogP) is 3.38. The highest BCUT2D eigenvalue weighted by Gasteiger charge is 2.15. The number of fused-ring (bicyclic) bond motifs is 1. The lowest BCUT2D eigenvalue weighted by atomic mass is 10.2. The van der Waals surface area contributed by atoms with Gasteiger partial charge in [-0.25, -0.2) is 4.98 Å². The van der Waals surface area contributed by atoms with Crippen molar-refractivity contribution < 1.29 is 4.79 Å². The zero-order chi connectivity index (χ0) is 22.5. The van der Waals surface area contributed by atoms with E-state index in [2.05, 4.69) is 21.2 Å². The van der Waals surface area contributed by atoms with Crippen molar-refractivity contribution in [2.75, 3.05) is 5.32 Å². The number of thiophene rings is 1. The van der Waals surface area contributed by atoms with Crippen molar-refractivity contribution in [3.8, 4) is 0 Å². The molecule has 2 heterocycles. The molecular weight excluding hydrogens is 442 g/mol. The number of nitrogens with one attached hydrogen (secondary N) is 3. The van der Waals surface area contributed by atoms with Crippen molar-refractivity contribution in [3.05, 3.63) is 92.7 Å². The van der Waals surface area contributed by atoms with Crippen molar-refractivity contribution in [2.24, 2.45) is 0 Å². The molecule has 1 amide bonds. The van der Waals surface area contributed by atoms with E-state index in [4.69, 9.17) is 12.2 Å². The zero-order valence-corrected chi connectivity index (χ0v) is 18.9. The van der Waals surface area contributed by atoms with Crippen LogP contribution in [0.4, 0.5) is 5.69 Å². The van der Waals surface area contributed by atoms with Gasteiger partial charge in [0.05, 0.1) is 10.9 Å². The second-order valence-electron chi connectivity index (χ2n) is 7.24. The number of aromatic nitrogens is 2. The van der Waals surface area contributed by atoms with Gasteiger partial charge in [0.25, 0.3) is 11.5 Å². The summed E-state index contributed by atoms with van der Waals surface area (Å²) < 4.78 is 1.41. The van der Waals surface area contributed by atoms with Gasteiger partial charge in [-0.15, -0.1) is 0 Å². The van der Waals surface area contributed by atoms with E-state index in [0.717, 1.165) is 16.8 Å². The molecule has 0 aliphatic rings. The SMILES string of the molecule is Cc1ccc(NC(=S)NNC(=O)Cn2c(Cc3ccsc3)nc3ccccc3c2=O)cc1. The Morgan fingerprint density at radius 3 is 2.62 bits per heavy atom. The van der Waals surface area contributed by atoms with E-state index < -0.39 is 5.91 Å². The van der Waals surface area contributed by atoms with Crippen molar-refractivity contribution in [2.45, 2.75) is 19.9 Å². The smallest absolute Gasteiger partial charge is 0.261 e. The number of hydrogen-bond acceptors (Lipinski definition) is 5. The molecule has 0 aliphatic carbocycles. The van der Waals surface area contributed by atoms with Gasteiger partial charge in [0.15, 0.2) is 5.11 Å². The summed E-state index contributed by atoms with van der Waals surface area (Å²) in [5, 5.41) is 7.67. The Morgan fingerprint density at radius 1 is 1.09 bits per heavy atom. The largest absolute Gasteiger partial charge is 0.331 e. The third-order valence-electron chi connectivity index (χ3n) is 4.81. The number of benzene rings is 2. The van der Waals surface area contributed by atoms with Gasteiger partial charge in [0.2, 0.25) is 0 Å². The highest BCUT2D eigenvalue weighted by molar-refractivity contribution is 7.80. The average Bonchev–Trinajstić information content (AvgIpc) is 3.30. The molecule has 3 N–H and O–H groups in total. The minimum Gasteiger partial charge on any atom is -0.331 e. The number of thiocarbonyl (C=S) groups is 1. The first-order valence-electron chi connectivity index (χ1n) is 9.91. The molecule has 4 rings (SSSR count). The number of carbonyl (C=O) groups is 1. The Bertz CT molecular complexity index is 1310. The van der Waals surface area contributed by atoms with Crippen LogP contribution in [0.5, 0.6) is 0 Å². The highest BCUT2D eigenvalue weighted by Crippen LogP contribution is 2.14. The van der Waals surface area contributed by atoms with E-state index in [0.29, 0.717) is 23.1 Å². The standard InChI is InChI=1S/C23H21N5O2S2/c1-15-6-8-17(9-7-15)24-23(31)27-26-21(29)13-28-20(12-16-10-11-32-14-16)25-19-5-3-2-4-18(19)22(28)30/h2-11,14H,12-13H2,1H3,(H,26,29)(H2,24,27,31). The topological polar surface area (TPSA) is 88.0 Å². The fraction of sp³-hybridized carbons (Fsp3) is 0.130. The number of para-hydroxylation sites is 1. The molecule has 0 spiro atoms. The Balaban J connectivity index is 1.49. The van der Waals surface area contributed by atoms with Gasteiger partial charge in [-0.05, 0) is 65.8 Å². The molecule has 4 aromatic rings. The fourth-order valence-corrected chi connectivity index (χ4v) is 4.03. The number of aryl methyl sites for hydroxylation is 1. The molecule has 0 aliphatic heterocycles. The van der Waals surface area contributed by atoms with E-state index in [-0.39, 0.29) is 17.2 Å². The number of nitrogens with zero attached hydrogens (tertiary/aromatic N) is 2. The number of amides is 1. The van der Waals surface area contributed by atoms with Crippen LogP contribution < -0.4 is 21.7 Å². The Kier molecular flexibility index (Phi) is 6.58. The van der Waals surface area contributed by atoms with Crippen LogP contribution in [-0.2, 0) is 17.8 Å². The number of rotatable bonds is 5. The fourth-order valence-electron chi connectivity index (χ4n) is 3.20. The Labute approximate surface area is 194 Å². The number of carbonyl (C=O) groups excluding carboxylic acids is 1. The van der Waals surface area contributed by atoms with Gasteiger partial charge in [-0.3, -0.25) is 25.0 Å². The van der Waals surface area contributed by atoms with E-state index >= 15 is 0 Å². The molecule has 2 aromatic heterocycles. The third-order valence-corrected chi connectivity index (χ3v) is 5.75. The van der Waals surface area contributed by atoms with E-state index in [1.54, 1.807) is 29.5 Å². The Hall–Kier alpha value is -3.56. The zero-order valence-electron chi connectivity index (χ0n) is 17.3. The third kappa shape index (κ3) is 5.19. The van der Waals surface area contributed by atoms with Crippen molar-refractivity contribution >= 4 is 51.2 Å². The summed E-state index contributed by atoms with van der Waals surface area (Å²) in [6, 6.07) is 16.8. The summed E-state index contributed by atoms with van der Waals surface area (Å²) in [7, 11) is 0. The summed E-state index contributed by atoms with van der Waals surface area (Å²) in [6.07, 6.45) is 0.456. The summed E-state index contributed by atoms with van der Waals surface area (Å²) in [5.41, 5.74) is 8.55. The summed E-state index contributed by atoms with van der Waals surface area (Å²) in [6.45, 7) is 1.81. The van der Waals surface area contributed by atoms with Crippen LogP contribution in [0.25, 0.3) is 10.9 Å². The summed E-state index contributed by atoms with van der Waals surface area (Å²) in [5.74, 6) is 0.117. The molecule has 0 atom stereocenters. The summed E-state index contributed by atoms with van der Waals surface area (Å²) in [4.78, 5) is 30.4. The van der Waals surface area contributed by atoms with Gasteiger partial charge in [0.1, 0.15) is 12.4 Å². The van der Waals surface area contributed by atoms with Crippen LogP contribution in [0.1, 0.15) is 17.0 Å². The van der Waals surface area contributed by atoms with Crippen LogP contribution in [0, 0.1) is 6.92 Å². The predicted molar refractivity (Wildman–Crippen MR) is 132 cm³/mol. The molecule has 0 saturated heterocycles. The maximum Gasteiger partial charge on any atom is 0.261 e. The van der Waals surface area contributed by atoms with Crippen molar-refractivity contribution in [3.63, 3.8) is 0 Å². The quantitative estimate of drug-likeness (QED) is 0.311. The molecule has 9 heteroatoms. The molecule has 32 heavy (non-hydrogen) atoms. The van der Waals surface area contributed by atoms with Crippen LogP contribution in [-0.4, -0.2) is 20.6 Å². The molecule has 0 fully saturated rings. The van der Waals surface area contributed by atoms with Crippen molar-refractivity contribution in [1.82, 2.24) is 20.4 Å². The minimum atomic E-state index is -0.413. The van der Waals surface area contributed by atoms with E-state index in [9.17, 15) is 9.59 Å². The highest BCUT2D eigenvalue weighted by atomic mass is 32.1. The minimum absolute atomic E-state index is 0.184. The monoisotopic (exact) mass is 463 g/mol. The molecule has 0 unspecified atom stereocenters. The van der Waals surface area contributed by atoms with E-state index in [1.807, 2.05) is 54.1 Å². The lowest BCUT2D eigenvalue weighted by Crippen LogP contribution is -2.46. The summed E-state index contributed by atoms with van der Waals surface area (Å²) >= 11 is 6.80. The molecular formula is C23H21N5O2S2. The first-order chi connectivity index (χ1) is 15.5. The molecule has 162 valence electrons. The molecule has 0 radical (unpaired) electrons. The molecule has 2 aromatic carbocycles.